The predicted octanol–water partition coefficient (Wildman–Crippen LogP) is 1.56. The Balaban J connectivity index is 2.47. The largest absolute Gasteiger partial charge is 0.481 e. The monoisotopic (exact) mass is 282 g/mol. The number of aryl methyl sites for hydroxylation is 1. The molecule has 6 heteroatoms. The maximum atomic E-state index is 12.1. The van der Waals surface area contributed by atoms with E-state index in [1.807, 2.05) is 18.7 Å². The highest BCUT2D eigenvalue weighted by atomic mass is 32.2. The fourth-order valence-electron chi connectivity index (χ4n) is 2.60. The predicted molar refractivity (Wildman–Crippen MR) is 74.9 cm³/mol. The average molecular weight is 282 g/mol. The van der Waals surface area contributed by atoms with Gasteiger partial charge in [0.05, 0.1) is 6.42 Å². The topological polar surface area (TPSA) is 72.2 Å². The van der Waals surface area contributed by atoms with Gasteiger partial charge in [0.2, 0.25) is 0 Å². The van der Waals surface area contributed by atoms with Gasteiger partial charge in [0.25, 0.3) is 0 Å². The second-order valence-corrected chi connectivity index (χ2v) is 6.05. The summed E-state index contributed by atoms with van der Waals surface area (Å²) in [7, 11) is 0. The third-order valence-electron chi connectivity index (χ3n) is 3.59. The van der Waals surface area contributed by atoms with Crippen molar-refractivity contribution >= 4 is 17.7 Å². The van der Waals surface area contributed by atoms with Crippen molar-refractivity contribution in [2.75, 3.05) is 11.5 Å². The van der Waals surface area contributed by atoms with Crippen LogP contribution in [0.4, 0.5) is 0 Å². The number of hydrogen-bond donors (Lipinski definition) is 1. The van der Waals surface area contributed by atoms with E-state index in [1.54, 1.807) is 11.5 Å². The van der Waals surface area contributed by atoms with Crippen molar-refractivity contribution in [3.63, 3.8) is 0 Å². The minimum atomic E-state index is -0.891. The normalized spacial score (nSPS) is 16.5. The molecule has 0 atom stereocenters. The molecule has 1 aliphatic heterocycles. The summed E-state index contributed by atoms with van der Waals surface area (Å²) in [6.45, 7) is 3.53. The van der Waals surface area contributed by atoms with Crippen molar-refractivity contribution < 1.29 is 9.90 Å². The maximum Gasteiger partial charge on any atom is 0.348 e. The SMILES string of the molecule is Cc1nc(=O)n(C2CCSCC2)c(C)c1CC(=O)O. The molecule has 2 rings (SSSR count). The van der Waals surface area contributed by atoms with Gasteiger partial charge in [-0.2, -0.15) is 16.7 Å². The van der Waals surface area contributed by atoms with Crippen LogP contribution in [0.25, 0.3) is 0 Å². The molecule has 19 heavy (non-hydrogen) atoms. The minimum absolute atomic E-state index is 0.0770. The molecule has 0 radical (unpaired) electrons. The van der Waals surface area contributed by atoms with Gasteiger partial charge in [-0.3, -0.25) is 9.36 Å². The van der Waals surface area contributed by atoms with Gasteiger partial charge in [0, 0.05) is 23.0 Å². The molecule has 1 fully saturated rings. The molecule has 0 spiro atoms. The Hall–Kier alpha value is -1.30. The van der Waals surface area contributed by atoms with Crippen LogP contribution in [0.15, 0.2) is 4.79 Å². The number of aromatic nitrogens is 2. The first kappa shape index (κ1) is 14.1. The maximum absolute atomic E-state index is 12.1. The van der Waals surface area contributed by atoms with Gasteiger partial charge in [-0.05, 0) is 38.2 Å². The quantitative estimate of drug-likeness (QED) is 0.910. The van der Waals surface area contributed by atoms with Crippen LogP contribution in [-0.4, -0.2) is 32.1 Å². The minimum Gasteiger partial charge on any atom is -0.481 e. The van der Waals surface area contributed by atoms with Gasteiger partial charge in [0.1, 0.15) is 0 Å². The Labute approximate surface area is 116 Å². The molecular weight excluding hydrogens is 264 g/mol. The number of nitrogens with zero attached hydrogens (tertiary/aromatic N) is 2. The first-order chi connectivity index (χ1) is 9.00. The summed E-state index contributed by atoms with van der Waals surface area (Å²) < 4.78 is 1.70. The van der Waals surface area contributed by atoms with Crippen LogP contribution >= 0.6 is 11.8 Å². The van der Waals surface area contributed by atoms with Gasteiger partial charge < -0.3 is 5.11 Å². The van der Waals surface area contributed by atoms with E-state index in [4.69, 9.17) is 5.11 Å². The highest BCUT2D eigenvalue weighted by Gasteiger charge is 2.22. The fourth-order valence-corrected chi connectivity index (χ4v) is 3.68. The molecule has 1 saturated heterocycles. The average Bonchev–Trinajstić information content (AvgIpc) is 2.35. The Morgan fingerprint density at radius 1 is 1.42 bits per heavy atom. The van der Waals surface area contributed by atoms with E-state index in [9.17, 15) is 9.59 Å². The summed E-state index contributed by atoms with van der Waals surface area (Å²) in [5, 5.41) is 8.97. The molecule has 0 aromatic carbocycles. The third-order valence-corrected chi connectivity index (χ3v) is 4.64. The third kappa shape index (κ3) is 3.00. The molecular formula is C13H18N2O3S. The van der Waals surface area contributed by atoms with Gasteiger partial charge in [-0.15, -0.1) is 0 Å². The van der Waals surface area contributed by atoms with E-state index in [0.29, 0.717) is 11.3 Å². The van der Waals surface area contributed by atoms with Crippen LogP contribution in [0.2, 0.25) is 0 Å². The van der Waals surface area contributed by atoms with E-state index < -0.39 is 5.97 Å². The number of carbonyl (C=O) groups is 1. The lowest BCUT2D eigenvalue weighted by molar-refractivity contribution is -0.136. The molecule has 1 N–H and O–H groups in total. The highest BCUT2D eigenvalue weighted by molar-refractivity contribution is 7.99. The van der Waals surface area contributed by atoms with Crippen molar-refractivity contribution in [2.45, 2.75) is 39.2 Å². The molecule has 1 aromatic heterocycles. The van der Waals surface area contributed by atoms with E-state index in [0.717, 1.165) is 30.0 Å². The molecule has 0 amide bonds. The summed E-state index contributed by atoms with van der Waals surface area (Å²) in [6.07, 6.45) is 1.82. The van der Waals surface area contributed by atoms with Gasteiger partial charge in [-0.1, -0.05) is 0 Å². The molecule has 104 valence electrons. The Morgan fingerprint density at radius 2 is 2.05 bits per heavy atom. The molecule has 0 unspecified atom stereocenters. The van der Waals surface area contributed by atoms with Crippen LogP contribution in [-0.2, 0) is 11.2 Å². The van der Waals surface area contributed by atoms with Gasteiger partial charge in [-0.25, -0.2) is 4.79 Å². The van der Waals surface area contributed by atoms with Crippen LogP contribution in [0.5, 0.6) is 0 Å². The Kier molecular flexibility index (Phi) is 4.29. The van der Waals surface area contributed by atoms with Crippen LogP contribution in [0.1, 0.15) is 35.8 Å². The van der Waals surface area contributed by atoms with E-state index in [-0.39, 0.29) is 18.2 Å². The fraction of sp³-hybridized carbons (Fsp3) is 0.615. The number of carboxylic acids is 1. The molecule has 0 saturated carbocycles. The Morgan fingerprint density at radius 3 is 2.63 bits per heavy atom. The first-order valence-electron chi connectivity index (χ1n) is 6.39. The standard InChI is InChI=1S/C13H18N2O3S/c1-8-11(7-12(16)17)9(2)15(13(18)14-8)10-3-5-19-6-4-10/h10H,3-7H2,1-2H3,(H,16,17). The number of hydrogen-bond acceptors (Lipinski definition) is 4. The lowest BCUT2D eigenvalue weighted by Crippen LogP contribution is -2.33. The zero-order valence-corrected chi connectivity index (χ0v) is 12.0. The Bertz CT molecular complexity index is 548. The lowest BCUT2D eigenvalue weighted by Gasteiger charge is -2.26. The molecule has 0 bridgehead atoms. The smallest absolute Gasteiger partial charge is 0.348 e. The van der Waals surface area contributed by atoms with E-state index in [1.165, 1.54) is 0 Å². The second-order valence-electron chi connectivity index (χ2n) is 4.83. The lowest BCUT2D eigenvalue weighted by atomic mass is 10.1. The van der Waals surface area contributed by atoms with Crippen molar-refractivity contribution in [3.8, 4) is 0 Å². The number of rotatable bonds is 3. The number of carboxylic acid groups (broad SMARTS) is 1. The van der Waals surface area contributed by atoms with Crippen LogP contribution in [0, 0.1) is 13.8 Å². The molecule has 5 nitrogen and oxygen atoms in total. The summed E-state index contributed by atoms with van der Waals surface area (Å²) in [5.41, 5.74) is 1.72. The van der Waals surface area contributed by atoms with Crippen molar-refractivity contribution in [1.82, 2.24) is 9.55 Å². The second kappa shape index (κ2) is 5.77. The molecule has 0 aliphatic carbocycles. The van der Waals surface area contributed by atoms with Crippen molar-refractivity contribution in [3.05, 3.63) is 27.4 Å². The molecule has 1 aliphatic rings. The highest BCUT2D eigenvalue weighted by Crippen LogP contribution is 2.27. The van der Waals surface area contributed by atoms with E-state index >= 15 is 0 Å². The first-order valence-corrected chi connectivity index (χ1v) is 7.54. The summed E-state index contributed by atoms with van der Waals surface area (Å²) in [6, 6.07) is 0.161. The molecule has 1 aromatic rings. The number of thioether (sulfide) groups is 1. The summed E-state index contributed by atoms with van der Waals surface area (Å²) in [4.78, 5) is 27.0. The van der Waals surface area contributed by atoms with Crippen molar-refractivity contribution in [1.29, 1.82) is 0 Å². The van der Waals surface area contributed by atoms with Crippen LogP contribution in [0.3, 0.4) is 0 Å². The zero-order valence-electron chi connectivity index (χ0n) is 11.2. The zero-order chi connectivity index (χ0) is 14.0. The summed E-state index contributed by atoms with van der Waals surface area (Å²) in [5.74, 6) is 1.19. The van der Waals surface area contributed by atoms with Gasteiger partial charge >= 0.3 is 11.7 Å². The number of aliphatic carboxylic acids is 1. The van der Waals surface area contributed by atoms with Crippen molar-refractivity contribution in [2.24, 2.45) is 0 Å². The van der Waals surface area contributed by atoms with Crippen LogP contribution < -0.4 is 5.69 Å². The molecule has 2 heterocycles. The van der Waals surface area contributed by atoms with Gasteiger partial charge in [0.15, 0.2) is 0 Å². The summed E-state index contributed by atoms with van der Waals surface area (Å²) >= 11 is 1.89. The van der Waals surface area contributed by atoms with E-state index in [2.05, 4.69) is 4.98 Å².